The third kappa shape index (κ3) is 4.65. The van der Waals surface area contributed by atoms with Crippen molar-refractivity contribution in [2.24, 2.45) is 0 Å². The van der Waals surface area contributed by atoms with Gasteiger partial charge in [0.25, 0.3) is 0 Å². The van der Waals surface area contributed by atoms with Gasteiger partial charge in [0.1, 0.15) is 5.75 Å². The minimum Gasteiger partial charge on any atom is -0.491 e. The molecule has 0 radical (unpaired) electrons. The van der Waals surface area contributed by atoms with E-state index in [1.54, 1.807) is 24.3 Å². The number of hydrogen-bond acceptors (Lipinski definition) is 3. The van der Waals surface area contributed by atoms with Crippen LogP contribution in [0.5, 0.6) is 5.75 Å². The van der Waals surface area contributed by atoms with E-state index in [0.29, 0.717) is 22.1 Å². The fraction of sp³-hybridized carbons (Fsp3) is 0.133. The van der Waals surface area contributed by atoms with Crippen LogP contribution < -0.4 is 15.8 Å². The van der Waals surface area contributed by atoms with Gasteiger partial charge in [0.05, 0.1) is 29.4 Å². The standard InChI is InChI=1S/C15H14BrClN2O2/c16-10-5-6-11(17)14(9-10)21-8-7-15(20)19-13-4-2-1-3-12(13)18/h1-6,9H,7-8,18H2,(H,19,20). The molecule has 2 aromatic carbocycles. The summed E-state index contributed by atoms with van der Waals surface area (Å²) >= 11 is 9.34. The van der Waals surface area contributed by atoms with E-state index in [1.807, 2.05) is 18.2 Å². The van der Waals surface area contributed by atoms with E-state index in [1.165, 1.54) is 0 Å². The summed E-state index contributed by atoms with van der Waals surface area (Å²) in [4.78, 5) is 11.8. The lowest BCUT2D eigenvalue weighted by Crippen LogP contribution is -2.16. The summed E-state index contributed by atoms with van der Waals surface area (Å²) in [7, 11) is 0. The van der Waals surface area contributed by atoms with Gasteiger partial charge in [-0.3, -0.25) is 4.79 Å². The van der Waals surface area contributed by atoms with Crippen LogP contribution in [0.25, 0.3) is 0 Å². The highest BCUT2D eigenvalue weighted by Crippen LogP contribution is 2.28. The number of hydrogen-bond donors (Lipinski definition) is 2. The number of anilines is 2. The summed E-state index contributed by atoms with van der Waals surface area (Å²) in [6, 6.07) is 12.4. The zero-order valence-electron chi connectivity index (χ0n) is 11.1. The van der Waals surface area contributed by atoms with E-state index < -0.39 is 0 Å². The van der Waals surface area contributed by atoms with Gasteiger partial charge in [-0.15, -0.1) is 0 Å². The first-order valence-electron chi connectivity index (χ1n) is 6.28. The SMILES string of the molecule is Nc1ccccc1NC(=O)CCOc1cc(Br)ccc1Cl. The van der Waals surface area contributed by atoms with Crippen LogP contribution >= 0.6 is 27.5 Å². The van der Waals surface area contributed by atoms with Crippen molar-refractivity contribution in [1.29, 1.82) is 0 Å². The van der Waals surface area contributed by atoms with Gasteiger partial charge in [-0.05, 0) is 30.3 Å². The van der Waals surface area contributed by atoms with Gasteiger partial charge in [0.2, 0.25) is 5.91 Å². The average molecular weight is 370 g/mol. The Balaban J connectivity index is 1.85. The number of carbonyl (C=O) groups is 1. The summed E-state index contributed by atoms with van der Waals surface area (Å²) in [5.74, 6) is 0.372. The highest BCUT2D eigenvalue weighted by Gasteiger charge is 2.07. The van der Waals surface area contributed by atoms with Crippen LogP contribution in [-0.4, -0.2) is 12.5 Å². The maximum absolute atomic E-state index is 11.8. The minimum absolute atomic E-state index is 0.168. The van der Waals surface area contributed by atoms with E-state index in [4.69, 9.17) is 22.1 Å². The highest BCUT2D eigenvalue weighted by atomic mass is 79.9. The van der Waals surface area contributed by atoms with Gasteiger partial charge in [-0.2, -0.15) is 0 Å². The maximum Gasteiger partial charge on any atom is 0.227 e. The molecular weight excluding hydrogens is 356 g/mol. The van der Waals surface area contributed by atoms with Crippen molar-refractivity contribution >= 4 is 44.8 Å². The van der Waals surface area contributed by atoms with E-state index >= 15 is 0 Å². The van der Waals surface area contributed by atoms with Crippen molar-refractivity contribution in [3.63, 3.8) is 0 Å². The van der Waals surface area contributed by atoms with Crippen molar-refractivity contribution in [1.82, 2.24) is 0 Å². The lowest BCUT2D eigenvalue weighted by atomic mass is 10.2. The highest BCUT2D eigenvalue weighted by molar-refractivity contribution is 9.10. The number of nitrogens with two attached hydrogens (primary N) is 1. The summed E-state index contributed by atoms with van der Waals surface area (Å²) in [6.07, 6.45) is 0.206. The summed E-state index contributed by atoms with van der Waals surface area (Å²) in [5.41, 5.74) is 6.89. The monoisotopic (exact) mass is 368 g/mol. The molecule has 110 valence electrons. The topological polar surface area (TPSA) is 64.3 Å². The molecule has 0 bridgehead atoms. The van der Waals surface area contributed by atoms with E-state index in [-0.39, 0.29) is 18.9 Å². The maximum atomic E-state index is 11.8. The molecule has 0 unspecified atom stereocenters. The van der Waals surface area contributed by atoms with Crippen molar-refractivity contribution in [3.05, 3.63) is 52.0 Å². The lowest BCUT2D eigenvalue weighted by molar-refractivity contribution is -0.116. The van der Waals surface area contributed by atoms with Gasteiger partial charge in [0, 0.05) is 4.47 Å². The molecule has 0 atom stereocenters. The van der Waals surface area contributed by atoms with Crippen molar-refractivity contribution in [2.45, 2.75) is 6.42 Å². The first-order chi connectivity index (χ1) is 10.1. The predicted molar refractivity (Wildman–Crippen MR) is 88.7 cm³/mol. The molecule has 0 aliphatic heterocycles. The zero-order chi connectivity index (χ0) is 15.2. The molecule has 0 fully saturated rings. The number of benzene rings is 2. The Hall–Kier alpha value is -1.72. The van der Waals surface area contributed by atoms with Gasteiger partial charge in [-0.1, -0.05) is 39.7 Å². The molecule has 2 rings (SSSR count). The van der Waals surface area contributed by atoms with Gasteiger partial charge < -0.3 is 15.8 Å². The number of para-hydroxylation sites is 2. The van der Waals surface area contributed by atoms with Crippen LogP contribution in [0, 0.1) is 0 Å². The molecule has 1 amide bonds. The van der Waals surface area contributed by atoms with Crippen LogP contribution in [0.4, 0.5) is 11.4 Å². The Morgan fingerprint density at radius 2 is 2.05 bits per heavy atom. The largest absolute Gasteiger partial charge is 0.491 e. The molecule has 0 aliphatic carbocycles. The Morgan fingerprint density at radius 1 is 1.29 bits per heavy atom. The Bertz CT molecular complexity index is 649. The fourth-order valence-corrected chi connectivity index (χ4v) is 2.18. The second-order valence-corrected chi connectivity index (χ2v) is 5.63. The number of halogens is 2. The minimum atomic E-state index is -0.168. The first kappa shape index (κ1) is 15.7. The summed E-state index contributed by atoms with van der Waals surface area (Å²) in [5, 5.41) is 3.24. The van der Waals surface area contributed by atoms with Crippen LogP contribution in [0.1, 0.15) is 6.42 Å². The fourth-order valence-electron chi connectivity index (χ4n) is 1.67. The molecule has 6 heteroatoms. The van der Waals surface area contributed by atoms with Gasteiger partial charge in [0.15, 0.2) is 0 Å². The Morgan fingerprint density at radius 3 is 2.81 bits per heavy atom. The number of amides is 1. The summed E-state index contributed by atoms with van der Waals surface area (Å²) < 4.78 is 6.37. The van der Waals surface area contributed by atoms with E-state index in [9.17, 15) is 4.79 Å². The molecule has 0 heterocycles. The third-order valence-corrected chi connectivity index (χ3v) is 3.52. The molecular formula is C15H14BrClN2O2. The van der Waals surface area contributed by atoms with Crippen LogP contribution in [0.15, 0.2) is 46.9 Å². The average Bonchev–Trinajstić information content (AvgIpc) is 2.45. The van der Waals surface area contributed by atoms with Crippen LogP contribution in [-0.2, 0) is 4.79 Å². The van der Waals surface area contributed by atoms with Crippen molar-refractivity contribution < 1.29 is 9.53 Å². The molecule has 0 saturated carbocycles. The van der Waals surface area contributed by atoms with E-state index in [0.717, 1.165) is 4.47 Å². The number of nitrogen functional groups attached to an aromatic ring is 1. The second-order valence-electron chi connectivity index (χ2n) is 4.31. The lowest BCUT2D eigenvalue weighted by Gasteiger charge is -2.10. The molecule has 0 aliphatic rings. The van der Waals surface area contributed by atoms with Gasteiger partial charge >= 0.3 is 0 Å². The summed E-state index contributed by atoms with van der Waals surface area (Å²) in [6.45, 7) is 0.231. The smallest absolute Gasteiger partial charge is 0.227 e. The molecule has 21 heavy (non-hydrogen) atoms. The quantitative estimate of drug-likeness (QED) is 0.780. The van der Waals surface area contributed by atoms with Crippen molar-refractivity contribution in [2.75, 3.05) is 17.7 Å². The number of nitrogens with one attached hydrogen (secondary N) is 1. The van der Waals surface area contributed by atoms with Crippen LogP contribution in [0.2, 0.25) is 5.02 Å². The Kier molecular flexibility index (Phi) is 5.47. The molecule has 2 aromatic rings. The predicted octanol–water partition coefficient (Wildman–Crippen LogP) is 4.09. The zero-order valence-corrected chi connectivity index (χ0v) is 13.4. The molecule has 0 spiro atoms. The third-order valence-electron chi connectivity index (χ3n) is 2.71. The number of rotatable bonds is 5. The molecule has 4 nitrogen and oxygen atoms in total. The van der Waals surface area contributed by atoms with Crippen LogP contribution in [0.3, 0.4) is 0 Å². The molecule has 3 N–H and O–H groups in total. The molecule has 0 aromatic heterocycles. The molecule has 0 saturated heterocycles. The Labute approximate surface area is 136 Å². The van der Waals surface area contributed by atoms with Gasteiger partial charge in [-0.25, -0.2) is 0 Å². The number of ether oxygens (including phenoxy) is 1. The number of carbonyl (C=O) groups excluding carboxylic acids is 1. The second kappa shape index (κ2) is 7.33. The normalized spacial score (nSPS) is 10.2. The van der Waals surface area contributed by atoms with Crippen molar-refractivity contribution in [3.8, 4) is 5.75 Å². The first-order valence-corrected chi connectivity index (χ1v) is 7.45. The van der Waals surface area contributed by atoms with E-state index in [2.05, 4.69) is 21.2 Å².